The zero-order valence-electron chi connectivity index (χ0n) is 11.1. The van der Waals surface area contributed by atoms with Crippen molar-refractivity contribution in [2.24, 2.45) is 0 Å². The molecule has 1 nitrogen and oxygen atoms in total. The molecule has 0 spiro atoms. The molecule has 112 valence electrons. The van der Waals surface area contributed by atoms with E-state index < -0.39 is 5.82 Å². The first-order chi connectivity index (χ1) is 9.95. The summed E-state index contributed by atoms with van der Waals surface area (Å²) in [5.74, 6) is -0.419. The summed E-state index contributed by atoms with van der Waals surface area (Å²) >= 11 is 24.3. The fraction of sp³-hybridized carbons (Fsp3) is 0.200. The van der Waals surface area contributed by atoms with Gasteiger partial charge in [-0.15, -0.1) is 0 Å². The van der Waals surface area contributed by atoms with Crippen molar-refractivity contribution in [3.63, 3.8) is 0 Å². The van der Waals surface area contributed by atoms with Crippen LogP contribution in [0.25, 0.3) is 11.1 Å². The van der Waals surface area contributed by atoms with Gasteiger partial charge in [0.05, 0.1) is 20.1 Å². The summed E-state index contributed by atoms with van der Waals surface area (Å²) in [7, 11) is 0. The summed E-state index contributed by atoms with van der Waals surface area (Å²) in [6.07, 6.45) is 0. The maximum atomic E-state index is 14.2. The smallest absolute Gasteiger partial charge is 0.131 e. The highest BCUT2D eigenvalue weighted by Gasteiger charge is 2.18. The third-order valence-corrected chi connectivity index (χ3v) is 4.55. The first kappa shape index (κ1) is 16.9. The SMILES string of the molecule is CCNCc1ccc(F)c(-c2c(Cl)cc(Cl)c(Cl)c2Cl)c1. The number of halogens is 5. The van der Waals surface area contributed by atoms with Crippen molar-refractivity contribution in [1.29, 1.82) is 0 Å². The van der Waals surface area contributed by atoms with Gasteiger partial charge in [0, 0.05) is 17.7 Å². The second-order valence-electron chi connectivity index (χ2n) is 4.44. The Morgan fingerprint density at radius 3 is 2.38 bits per heavy atom. The van der Waals surface area contributed by atoms with Crippen LogP contribution in [0.5, 0.6) is 0 Å². The Morgan fingerprint density at radius 2 is 1.71 bits per heavy atom. The highest BCUT2D eigenvalue weighted by molar-refractivity contribution is 6.51. The summed E-state index contributed by atoms with van der Waals surface area (Å²) in [6.45, 7) is 3.44. The second-order valence-corrected chi connectivity index (χ2v) is 6.01. The van der Waals surface area contributed by atoms with E-state index in [2.05, 4.69) is 5.32 Å². The first-order valence-electron chi connectivity index (χ1n) is 6.28. The highest BCUT2D eigenvalue weighted by Crippen LogP contribution is 2.43. The van der Waals surface area contributed by atoms with Crippen molar-refractivity contribution >= 4 is 46.4 Å². The van der Waals surface area contributed by atoms with Gasteiger partial charge in [0.25, 0.3) is 0 Å². The molecule has 0 aliphatic rings. The normalized spacial score (nSPS) is 11.0. The zero-order chi connectivity index (χ0) is 15.6. The maximum absolute atomic E-state index is 14.2. The van der Waals surface area contributed by atoms with Crippen molar-refractivity contribution in [1.82, 2.24) is 5.32 Å². The number of hydrogen-bond donors (Lipinski definition) is 1. The molecule has 0 aliphatic heterocycles. The molecule has 0 atom stereocenters. The molecule has 0 amide bonds. The third-order valence-electron chi connectivity index (χ3n) is 2.99. The lowest BCUT2D eigenvalue weighted by atomic mass is 10.0. The van der Waals surface area contributed by atoms with E-state index in [1.165, 1.54) is 12.1 Å². The zero-order valence-corrected chi connectivity index (χ0v) is 14.1. The van der Waals surface area contributed by atoms with Crippen LogP contribution >= 0.6 is 46.4 Å². The molecule has 0 aliphatic carbocycles. The van der Waals surface area contributed by atoms with Gasteiger partial charge in [-0.05, 0) is 30.3 Å². The molecule has 2 rings (SSSR count). The average Bonchev–Trinajstić information content (AvgIpc) is 2.45. The van der Waals surface area contributed by atoms with E-state index in [9.17, 15) is 4.39 Å². The van der Waals surface area contributed by atoms with Crippen LogP contribution in [0.4, 0.5) is 4.39 Å². The minimum Gasteiger partial charge on any atom is -0.313 e. The van der Waals surface area contributed by atoms with Crippen molar-refractivity contribution in [3.8, 4) is 11.1 Å². The number of rotatable bonds is 4. The molecule has 0 heterocycles. The molecular formula is C15H12Cl4FN. The van der Waals surface area contributed by atoms with E-state index in [0.29, 0.717) is 17.7 Å². The molecule has 1 N–H and O–H groups in total. The van der Waals surface area contributed by atoms with Crippen molar-refractivity contribution in [3.05, 3.63) is 55.7 Å². The lowest BCUT2D eigenvalue weighted by Gasteiger charge is -2.13. The molecule has 6 heteroatoms. The Kier molecular flexibility index (Phi) is 5.75. The molecule has 2 aromatic carbocycles. The molecule has 0 radical (unpaired) electrons. The predicted octanol–water partition coefficient (Wildman–Crippen LogP) is 6.22. The van der Waals surface area contributed by atoms with Gasteiger partial charge in [0.1, 0.15) is 5.82 Å². The largest absolute Gasteiger partial charge is 0.313 e. The molecule has 2 aromatic rings. The quantitative estimate of drug-likeness (QED) is 0.500. The third kappa shape index (κ3) is 3.64. The molecule has 0 saturated carbocycles. The summed E-state index contributed by atoms with van der Waals surface area (Å²) in [4.78, 5) is 0. The Balaban J connectivity index is 2.58. The van der Waals surface area contributed by atoms with Gasteiger partial charge in [-0.2, -0.15) is 0 Å². The second kappa shape index (κ2) is 7.17. The van der Waals surface area contributed by atoms with E-state index in [1.807, 2.05) is 6.92 Å². The van der Waals surface area contributed by atoms with Crippen LogP contribution in [-0.2, 0) is 6.54 Å². The van der Waals surface area contributed by atoms with E-state index in [4.69, 9.17) is 46.4 Å². The van der Waals surface area contributed by atoms with Gasteiger partial charge < -0.3 is 5.32 Å². The molecule has 21 heavy (non-hydrogen) atoms. The lowest BCUT2D eigenvalue weighted by Crippen LogP contribution is -2.11. The molecule has 0 bridgehead atoms. The van der Waals surface area contributed by atoms with E-state index in [1.54, 1.807) is 12.1 Å². The van der Waals surface area contributed by atoms with Crippen LogP contribution < -0.4 is 5.32 Å². The van der Waals surface area contributed by atoms with Crippen LogP contribution in [0.3, 0.4) is 0 Å². The Bertz CT molecular complexity index is 673. The summed E-state index contributed by atoms with van der Waals surface area (Å²) in [5, 5.41) is 3.98. The van der Waals surface area contributed by atoms with Crippen LogP contribution in [0.1, 0.15) is 12.5 Å². The Hall–Kier alpha value is -0.510. The molecular weight excluding hydrogens is 355 g/mol. The summed E-state index contributed by atoms with van der Waals surface area (Å²) in [6, 6.07) is 6.26. The average molecular weight is 367 g/mol. The summed E-state index contributed by atoms with van der Waals surface area (Å²) in [5.41, 5.74) is 1.58. The fourth-order valence-electron chi connectivity index (χ4n) is 1.96. The minimum atomic E-state index is -0.419. The van der Waals surface area contributed by atoms with Crippen molar-refractivity contribution in [2.45, 2.75) is 13.5 Å². The Labute approximate surface area is 143 Å². The summed E-state index contributed by atoms with van der Waals surface area (Å²) < 4.78 is 14.2. The van der Waals surface area contributed by atoms with E-state index in [0.717, 1.165) is 12.1 Å². The topological polar surface area (TPSA) is 12.0 Å². The fourth-order valence-corrected chi connectivity index (χ4v) is 3.07. The Morgan fingerprint density at radius 1 is 1.00 bits per heavy atom. The van der Waals surface area contributed by atoms with Crippen LogP contribution in [0.15, 0.2) is 24.3 Å². The van der Waals surface area contributed by atoms with Crippen LogP contribution in [-0.4, -0.2) is 6.54 Å². The number of nitrogens with one attached hydrogen (secondary N) is 1. The van der Waals surface area contributed by atoms with Gasteiger partial charge in [0.15, 0.2) is 0 Å². The van der Waals surface area contributed by atoms with Gasteiger partial charge in [-0.25, -0.2) is 4.39 Å². The lowest BCUT2D eigenvalue weighted by molar-refractivity contribution is 0.629. The van der Waals surface area contributed by atoms with Crippen molar-refractivity contribution in [2.75, 3.05) is 6.54 Å². The highest BCUT2D eigenvalue weighted by atomic mass is 35.5. The molecule has 0 aromatic heterocycles. The van der Waals surface area contributed by atoms with Gasteiger partial charge in [0.2, 0.25) is 0 Å². The van der Waals surface area contributed by atoms with Crippen LogP contribution in [0, 0.1) is 5.82 Å². The minimum absolute atomic E-state index is 0.147. The van der Waals surface area contributed by atoms with Crippen LogP contribution in [0.2, 0.25) is 20.1 Å². The van der Waals surface area contributed by atoms with Gasteiger partial charge in [-0.1, -0.05) is 59.4 Å². The number of benzene rings is 2. The predicted molar refractivity (Wildman–Crippen MR) is 89.3 cm³/mol. The standard InChI is InChI=1S/C15H12Cl4FN/c1-2-21-7-8-3-4-12(20)9(5-8)13-10(16)6-11(17)14(18)15(13)19/h3-6,21H,2,7H2,1H3. The van der Waals surface area contributed by atoms with Gasteiger partial charge >= 0.3 is 0 Å². The van der Waals surface area contributed by atoms with E-state index in [-0.39, 0.29) is 20.1 Å². The van der Waals surface area contributed by atoms with Crippen molar-refractivity contribution < 1.29 is 4.39 Å². The first-order valence-corrected chi connectivity index (χ1v) is 7.79. The molecule has 0 saturated heterocycles. The maximum Gasteiger partial charge on any atom is 0.131 e. The molecule has 0 unspecified atom stereocenters. The monoisotopic (exact) mass is 365 g/mol. The van der Waals surface area contributed by atoms with E-state index >= 15 is 0 Å². The molecule has 0 fully saturated rings. The van der Waals surface area contributed by atoms with Gasteiger partial charge in [-0.3, -0.25) is 0 Å². The number of hydrogen-bond acceptors (Lipinski definition) is 1.